The molecule has 0 bridgehead atoms. The molecule has 0 aromatic heterocycles. The number of sulfonamides is 1. The van der Waals surface area contributed by atoms with E-state index in [-0.39, 0.29) is 13.2 Å². The number of carbonyl (C=O) groups excluding carboxylic acids is 1. The van der Waals surface area contributed by atoms with E-state index in [0.717, 1.165) is 11.8 Å². The average Bonchev–Trinajstić information content (AvgIpc) is 2.88. The van der Waals surface area contributed by atoms with Crippen molar-refractivity contribution in [3.63, 3.8) is 0 Å². The van der Waals surface area contributed by atoms with Crippen LogP contribution in [-0.4, -0.2) is 53.1 Å². The van der Waals surface area contributed by atoms with Crippen molar-refractivity contribution in [1.29, 1.82) is 0 Å². The van der Waals surface area contributed by atoms with E-state index < -0.39 is 28.7 Å². The molecule has 1 aliphatic rings. The van der Waals surface area contributed by atoms with E-state index in [0.29, 0.717) is 24.2 Å². The minimum Gasteiger partial charge on any atom is -0.370 e. The summed E-state index contributed by atoms with van der Waals surface area (Å²) in [6.45, 7) is -1.34. The summed E-state index contributed by atoms with van der Waals surface area (Å²) in [5.74, 6) is -0.453. The van der Waals surface area contributed by atoms with Crippen molar-refractivity contribution in [3.05, 3.63) is 29.3 Å². The van der Waals surface area contributed by atoms with Crippen molar-refractivity contribution >= 4 is 21.6 Å². The Morgan fingerprint density at radius 2 is 2.08 bits per heavy atom. The Bertz CT molecular complexity index is 719. The number of alkyl halides is 3. The molecule has 1 amide bonds. The van der Waals surface area contributed by atoms with Gasteiger partial charge in [0.15, 0.2) is 0 Å². The minimum atomic E-state index is -4.39. The summed E-state index contributed by atoms with van der Waals surface area (Å²) in [6, 6.07) is 4.62. The molecule has 1 N–H and O–H groups in total. The molecule has 0 fully saturated rings. The van der Waals surface area contributed by atoms with Crippen LogP contribution >= 0.6 is 0 Å². The molecule has 0 saturated heterocycles. The van der Waals surface area contributed by atoms with Crippen molar-refractivity contribution in [3.8, 4) is 0 Å². The second kappa shape index (κ2) is 6.98. The smallest absolute Gasteiger partial charge is 0.370 e. The Labute approximate surface area is 137 Å². The predicted octanol–water partition coefficient (Wildman–Crippen LogP) is 1.32. The molecule has 1 aromatic rings. The number of anilines is 1. The Hall–Kier alpha value is -1.81. The van der Waals surface area contributed by atoms with Crippen LogP contribution in [0, 0.1) is 0 Å². The van der Waals surface area contributed by atoms with E-state index in [1.807, 2.05) is 0 Å². The zero-order chi connectivity index (χ0) is 18.0. The molecule has 24 heavy (non-hydrogen) atoms. The second-order valence-electron chi connectivity index (χ2n) is 5.35. The van der Waals surface area contributed by atoms with Crippen molar-refractivity contribution in [1.82, 2.24) is 5.32 Å². The van der Waals surface area contributed by atoms with E-state index >= 15 is 0 Å². The van der Waals surface area contributed by atoms with Crippen molar-refractivity contribution < 1.29 is 31.1 Å². The fourth-order valence-corrected chi connectivity index (χ4v) is 3.34. The van der Waals surface area contributed by atoms with Gasteiger partial charge in [-0.3, -0.25) is 9.10 Å². The molecule has 1 aliphatic heterocycles. The molecule has 134 valence electrons. The lowest BCUT2D eigenvalue weighted by Gasteiger charge is -2.16. The molecular weight excluding hydrogens is 349 g/mol. The first-order valence-electron chi connectivity index (χ1n) is 7.11. The molecule has 6 nitrogen and oxygen atoms in total. The van der Waals surface area contributed by atoms with Gasteiger partial charge in [0.2, 0.25) is 10.0 Å². The van der Waals surface area contributed by atoms with Gasteiger partial charge in [0.25, 0.3) is 5.91 Å². The molecule has 0 atom stereocenters. The van der Waals surface area contributed by atoms with Gasteiger partial charge in [0, 0.05) is 18.7 Å². The largest absolute Gasteiger partial charge is 0.411 e. The number of halogens is 3. The number of carbonyl (C=O) groups is 1. The molecular formula is C14H17F3N2O4S. The van der Waals surface area contributed by atoms with Crippen LogP contribution < -0.4 is 9.62 Å². The molecule has 10 heteroatoms. The molecule has 1 heterocycles. The zero-order valence-electron chi connectivity index (χ0n) is 12.9. The number of nitrogens with zero attached hydrogens (tertiary/aromatic N) is 1. The first-order valence-corrected chi connectivity index (χ1v) is 8.96. The van der Waals surface area contributed by atoms with Gasteiger partial charge in [0.05, 0.1) is 18.6 Å². The summed E-state index contributed by atoms with van der Waals surface area (Å²) in [4.78, 5) is 12.0. The lowest BCUT2D eigenvalue weighted by atomic mass is 10.1. The van der Waals surface area contributed by atoms with Gasteiger partial charge in [-0.2, -0.15) is 13.2 Å². The van der Waals surface area contributed by atoms with Crippen molar-refractivity contribution in [2.45, 2.75) is 12.6 Å². The van der Waals surface area contributed by atoms with Crippen molar-refractivity contribution in [2.75, 3.05) is 36.9 Å². The van der Waals surface area contributed by atoms with Crippen LogP contribution in [-0.2, 0) is 21.2 Å². The summed E-state index contributed by atoms with van der Waals surface area (Å²) in [7, 11) is -3.36. The highest BCUT2D eigenvalue weighted by molar-refractivity contribution is 7.92. The average molecular weight is 366 g/mol. The highest BCUT2D eigenvalue weighted by Gasteiger charge is 2.28. The fourth-order valence-electron chi connectivity index (χ4n) is 2.38. The van der Waals surface area contributed by atoms with Gasteiger partial charge in [-0.1, -0.05) is 0 Å². The SMILES string of the molecule is CS(=O)(=O)N1CCc2cc(C(=O)NCCOCC(F)(F)F)ccc21. The van der Waals surface area contributed by atoms with E-state index in [4.69, 9.17) is 0 Å². The normalized spacial score (nSPS) is 14.6. The number of rotatable bonds is 6. The summed E-state index contributed by atoms with van der Waals surface area (Å²) < 4.78 is 64.6. The third-order valence-electron chi connectivity index (χ3n) is 3.39. The molecule has 1 aromatic carbocycles. The molecule has 0 aliphatic carbocycles. The highest BCUT2D eigenvalue weighted by Crippen LogP contribution is 2.30. The third kappa shape index (κ3) is 4.84. The van der Waals surface area contributed by atoms with Crippen LogP contribution in [0.1, 0.15) is 15.9 Å². The maximum absolute atomic E-state index is 12.0. The van der Waals surface area contributed by atoms with Crippen molar-refractivity contribution in [2.24, 2.45) is 0 Å². The molecule has 0 saturated carbocycles. The van der Waals surface area contributed by atoms with Gasteiger partial charge in [0.1, 0.15) is 6.61 Å². The van der Waals surface area contributed by atoms with Crippen LogP contribution in [0.4, 0.5) is 18.9 Å². The van der Waals surface area contributed by atoms with Gasteiger partial charge in [-0.05, 0) is 30.2 Å². The number of nitrogens with one attached hydrogen (secondary N) is 1. The van der Waals surface area contributed by atoms with Crippen LogP contribution in [0.25, 0.3) is 0 Å². The number of fused-ring (bicyclic) bond motifs is 1. The van der Waals surface area contributed by atoms with Gasteiger partial charge < -0.3 is 10.1 Å². The van der Waals surface area contributed by atoms with E-state index in [9.17, 15) is 26.4 Å². The first-order chi connectivity index (χ1) is 11.1. The Morgan fingerprint density at radius 1 is 1.38 bits per heavy atom. The monoisotopic (exact) mass is 366 g/mol. The highest BCUT2D eigenvalue weighted by atomic mass is 32.2. The minimum absolute atomic E-state index is 0.0541. The topological polar surface area (TPSA) is 75.7 Å². The number of hydrogen-bond acceptors (Lipinski definition) is 4. The number of amides is 1. The summed E-state index contributed by atoms with van der Waals surface area (Å²) in [5.41, 5.74) is 1.60. The lowest BCUT2D eigenvalue weighted by molar-refractivity contribution is -0.173. The Balaban J connectivity index is 1.91. The quantitative estimate of drug-likeness (QED) is 0.771. The summed E-state index contributed by atoms with van der Waals surface area (Å²) >= 11 is 0. The van der Waals surface area contributed by atoms with E-state index in [1.165, 1.54) is 10.4 Å². The Morgan fingerprint density at radius 3 is 2.71 bits per heavy atom. The predicted molar refractivity (Wildman–Crippen MR) is 81.5 cm³/mol. The van der Waals surface area contributed by atoms with Crippen LogP contribution in [0.2, 0.25) is 0 Å². The van der Waals surface area contributed by atoms with Gasteiger partial charge >= 0.3 is 6.18 Å². The maximum Gasteiger partial charge on any atom is 0.411 e. The molecule has 0 unspecified atom stereocenters. The van der Waals surface area contributed by atoms with E-state index in [2.05, 4.69) is 10.1 Å². The number of ether oxygens (including phenoxy) is 1. The number of benzene rings is 1. The van der Waals surface area contributed by atoms with E-state index in [1.54, 1.807) is 12.1 Å². The van der Waals surface area contributed by atoms with Gasteiger partial charge in [-0.25, -0.2) is 8.42 Å². The number of hydrogen-bond donors (Lipinski definition) is 1. The van der Waals surface area contributed by atoms with Gasteiger partial charge in [-0.15, -0.1) is 0 Å². The molecule has 0 radical (unpaired) electrons. The van der Waals surface area contributed by atoms with Crippen LogP contribution in [0.15, 0.2) is 18.2 Å². The molecule has 2 rings (SSSR count). The lowest BCUT2D eigenvalue weighted by Crippen LogP contribution is -2.29. The second-order valence-corrected chi connectivity index (χ2v) is 7.26. The van der Waals surface area contributed by atoms with Crippen LogP contribution in [0.5, 0.6) is 0 Å². The Kier molecular flexibility index (Phi) is 5.38. The molecule has 0 spiro atoms. The third-order valence-corrected chi connectivity index (χ3v) is 4.57. The zero-order valence-corrected chi connectivity index (χ0v) is 13.7. The fraction of sp³-hybridized carbons (Fsp3) is 0.500. The first kappa shape index (κ1) is 18.5. The summed E-state index contributed by atoms with van der Waals surface area (Å²) in [6.07, 6.45) is -2.78. The summed E-state index contributed by atoms with van der Waals surface area (Å²) in [5, 5.41) is 2.45. The maximum atomic E-state index is 12.0. The standard InChI is InChI=1S/C14H17F3N2O4S/c1-24(21,22)19-6-4-10-8-11(2-3-12(10)19)13(20)18-5-7-23-9-14(15,16)17/h2-3,8H,4-7,9H2,1H3,(H,18,20). The van der Waals surface area contributed by atoms with Crippen LogP contribution in [0.3, 0.4) is 0 Å².